The van der Waals surface area contributed by atoms with E-state index in [9.17, 15) is 18.1 Å². The van der Waals surface area contributed by atoms with Crippen molar-refractivity contribution >= 4 is 34.9 Å². The van der Waals surface area contributed by atoms with E-state index >= 15 is 0 Å². The summed E-state index contributed by atoms with van der Waals surface area (Å²) in [5, 5.41) is 12.9. The van der Waals surface area contributed by atoms with E-state index in [1.165, 1.54) is 49.9 Å². The predicted octanol–water partition coefficient (Wildman–Crippen LogP) is 15.6. The molecule has 0 amide bonds. The van der Waals surface area contributed by atoms with Crippen molar-refractivity contribution < 1.29 is 22.8 Å². The zero-order valence-electron chi connectivity index (χ0n) is 38.4. The van der Waals surface area contributed by atoms with Crippen LogP contribution in [-0.2, 0) is 10.3 Å². The van der Waals surface area contributed by atoms with E-state index in [4.69, 9.17) is 14.7 Å². The fourth-order valence-electron chi connectivity index (χ4n) is 7.89. The standard InChI is InChI=1S/C26H25NO.C26H23N.C4H10O.BF3/c1-17-14-18(2)16-19(15-17)24-13-12-22-20(9-7-11-25(22)27-24)21-8-5-6-10-23(21)26(3,4)28;1-17(2)21-8-5-6-9-22(21)23-10-7-11-26-24(23)12-13-25(27-26)20-15-18(3)14-19(4)16-20;1-3-5-4-2;2-1(3)4/h5-16,28H,1-4H3;5-16H,1H2,2-4H3;3-4H2,1-2H3;. The molecule has 0 aliphatic heterocycles. The van der Waals surface area contributed by atoms with Crippen molar-refractivity contribution in [3.8, 4) is 44.8 Å². The lowest BCUT2D eigenvalue weighted by atomic mass is 9.88. The first-order chi connectivity index (χ1) is 30.5. The number of aliphatic hydroxyl groups is 1. The second-order valence-corrected chi connectivity index (χ2v) is 16.3. The molecule has 4 nitrogen and oxygen atoms in total. The number of pyridine rings is 2. The van der Waals surface area contributed by atoms with Gasteiger partial charge in [0.1, 0.15) is 0 Å². The third-order valence-corrected chi connectivity index (χ3v) is 10.5. The van der Waals surface area contributed by atoms with Crippen LogP contribution in [-0.4, -0.2) is 35.8 Å². The summed E-state index contributed by atoms with van der Waals surface area (Å²) in [6.07, 6.45) is 0. The topological polar surface area (TPSA) is 55.2 Å². The molecular weight excluding hydrogens is 800 g/mol. The number of fused-ring (bicyclic) bond motifs is 2. The molecule has 64 heavy (non-hydrogen) atoms. The van der Waals surface area contributed by atoms with Crippen LogP contribution in [0.1, 0.15) is 68.0 Å². The molecule has 0 fully saturated rings. The number of nitrogens with zero attached hydrogens (tertiary/aromatic N) is 2. The summed E-state index contributed by atoms with van der Waals surface area (Å²) in [5.41, 5.74) is 18.1. The Kier molecular flexibility index (Phi) is 17.0. The van der Waals surface area contributed by atoms with Crippen molar-refractivity contribution in [2.45, 2.75) is 67.9 Å². The lowest BCUT2D eigenvalue weighted by Gasteiger charge is -2.22. The maximum atomic E-state index is 10.6. The van der Waals surface area contributed by atoms with Gasteiger partial charge in [0.25, 0.3) is 0 Å². The largest absolute Gasteiger partial charge is 0.762 e. The molecule has 2 heterocycles. The van der Waals surface area contributed by atoms with E-state index in [0.717, 1.165) is 68.8 Å². The Morgan fingerprint density at radius 3 is 1.36 bits per heavy atom. The molecule has 1 N–H and O–H groups in total. The smallest absolute Gasteiger partial charge is 0.386 e. The average molecular weight is 859 g/mol. The second-order valence-electron chi connectivity index (χ2n) is 16.3. The van der Waals surface area contributed by atoms with E-state index < -0.39 is 13.1 Å². The van der Waals surface area contributed by atoms with Gasteiger partial charge in [0.15, 0.2) is 0 Å². The average Bonchev–Trinajstić information content (AvgIpc) is 3.25. The second kappa shape index (κ2) is 22.3. The molecule has 2 aromatic heterocycles. The molecule has 328 valence electrons. The molecule has 0 saturated heterocycles. The summed E-state index contributed by atoms with van der Waals surface area (Å²) in [5.74, 6) is 0. The Morgan fingerprint density at radius 2 is 0.953 bits per heavy atom. The van der Waals surface area contributed by atoms with Gasteiger partial charge in [-0.1, -0.05) is 131 Å². The van der Waals surface area contributed by atoms with Gasteiger partial charge in [-0.05, 0) is 144 Å². The SMILES string of the molecule is C=C(C)c1ccccc1-c1cccc2nc(-c3cc(C)cc(C)c3)ccc12.CCOCC.Cc1cc(C)cc(-c2ccc3c(-c4ccccc4C(C)(C)O)cccc3n2)c1.FB(F)F. The lowest BCUT2D eigenvalue weighted by Crippen LogP contribution is -2.16. The molecule has 8 aromatic rings. The monoisotopic (exact) mass is 858 g/mol. The maximum Gasteiger partial charge on any atom is 0.762 e. The molecule has 8 heteroatoms. The lowest BCUT2D eigenvalue weighted by molar-refractivity contribution is 0.0792. The molecule has 0 saturated carbocycles. The quantitative estimate of drug-likeness (QED) is 0.155. The molecule has 0 bridgehead atoms. The first-order valence-electron chi connectivity index (χ1n) is 21.5. The van der Waals surface area contributed by atoms with Crippen molar-refractivity contribution in [2.75, 3.05) is 13.2 Å². The molecule has 6 aromatic carbocycles. The van der Waals surface area contributed by atoms with Crippen molar-refractivity contribution in [3.05, 3.63) is 186 Å². The molecule has 0 radical (unpaired) electrons. The molecular formula is C56H58BF3N2O2. The van der Waals surface area contributed by atoms with Gasteiger partial charge in [-0.15, -0.1) is 0 Å². The summed E-state index contributed by atoms with van der Waals surface area (Å²) >= 11 is 0. The highest BCUT2D eigenvalue weighted by Crippen LogP contribution is 2.37. The van der Waals surface area contributed by atoms with Gasteiger partial charge in [0.2, 0.25) is 0 Å². The Balaban J connectivity index is 0.000000203. The minimum absolute atomic E-state index is 0.844. The number of aromatic nitrogens is 2. The zero-order valence-corrected chi connectivity index (χ0v) is 38.4. The number of ether oxygens (including phenoxy) is 1. The molecule has 0 aliphatic carbocycles. The van der Waals surface area contributed by atoms with Crippen molar-refractivity contribution in [1.82, 2.24) is 9.97 Å². The van der Waals surface area contributed by atoms with Gasteiger partial charge in [-0.2, -0.15) is 0 Å². The number of halogens is 3. The van der Waals surface area contributed by atoms with Crippen LogP contribution < -0.4 is 0 Å². The van der Waals surface area contributed by atoms with E-state index in [1.807, 2.05) is 52.0 Å². The summed E-state index contributed by atoms with van der Waals surface area (Å²) in [4.78, 5) is 9.91. The van der Waals surface area contributed by atoms with E-state index in [1.54, 1.807) is 0 Å². The summed E-state index contributed by atoms with van der Waals surface area (Å²) in [7, 11) is -3.67. The molecule has 0 spiro atoms. The minimum atomic E-state index is -3.67. The number of benzene rings is 6. The summed E-state index contributed by atoms with van der Waals surface area (Å²) in [6.45, 7) is 24.0. The normalized spacial score (nSPS) is 10.8. The highest BCUT2D eigenvalue weighted by Gasteiger charge is 2.21. The van der Waals surface area contributed by atoms with Crippen molar-refractivity contribution in [2.24, 2.45) is 0 Å². The van der Waals surface area contributed by atoms with Crippen molar-refractivity contribution in [1.29, 1.82) is 0 Å². The Bertz CT molecular complexity index is 2810. The van der Waals surface area contributed by atoms with Crippen LogP contribution >= 0.6 is 0 Å². The van der Waals surface area contributed by atoms with E-state index in [2.05, 4.69) is 163 Å². The Labute approximate surface area is 377 Å². The van der Waals surface area contributed by atoms with Crippen LogP contribution in [0.4, 0.5) is 12.9 Å². The minimum Gasteiger partial charge on any atom is -0.386 e. The number of rotatable bonds is 8. The summed E-state index contributed by atoms with van der Waals surface area (Å²) in [6, 6.07) is 50.7. The van der Waals surface area contributed by atoms with Crippen LogP contribution in [0, 0.1) is 27.7 Å². The van der Waals surface area contributed by atoms with Gasteiger partial charge in [0.05, 0.1) is 28.0 Å². The Morgan fingerprint density at radius 1 is 0.562 bits per heavy atom. The van der Waals surface area contributed by atoms with E-state index in [0.29, 0.717) is 0 Å². The maximum absolute atomic E-state index is 10.6. The highest BCUT2D eigenvalue weighted by atomic mass is 19.4. The third-order valence-electron chi connectivity index (χ3n) is 10.5. The van der Waals surface area contributed by atoms with Gasteiger partial charge in [-0.25, -0.2) is 9.97 Å². The van der Waals surface area contributed by atoms with Gasteiger partial charge >= 0.3 is 7.54 Å². The van der Waals surface area contributed by atoms with Crippen LogP contribution in [0.25, 0.3) is 72.1 Å². The summed E-state index contributed by atoms with van der Waals surface area (Å²) < 4.78 is 33.8. The van der Waals surface area contributed by atoms with Crippen LogP contribution in [0.3, 0.4) is 0 Å². The number of hydrogen-bond donors (Lipinski definition) is 1. The first kappa shape index (κ1) is 48.7. The van der Waals surface area contributed by atoms with Crippen LogP contribution in [0.5, 0.6) is 0 Å². The predicted molar refractivity (Wildman–Crippen MR) is 265 cm³/mol. The third kappa shape index (κ3) is 12.9. The van der Waals surface area contributed by atoms with Crippen LogP contribution in [0.2, 0.25) is 0 Å². The van der Waals surface area contributed by atoms with Gasteiger partial charge < -0.3 is 9.84 Å². The number of aryl methyl sites for hydroxylation is 4. The fourth-order valence-corrected chi connectivity index (χ4v) is 7.89. The zero-order chi connectivity index (χ0) is 46.6. The Hall–Kier alpha value is -6.35. The first-order valence-corrected chi connectivity index (χ1v) is 21.5. The molecule has 0 atom stereocenters. The van der Waals surface area contributed by atoms with E-state index in [-0.39, 0.29) is 0 Å². The number of hydrogen-bond acceptors (Lipinski definition) is 4. The number of allylic oxidation sites excluding steroid dienone is 1. The molecule has 0 aliphatic rings. The van der Waals surface area contributed by atoms with Crippen molar-refractivity contribution in [3.63, 3.8) is 0 Å². The van der Waals surface area contributed by atoms with Gasteiger partial charge in [-0.3, -0.25) is 12.9 Å². The highest BCUT2D eigenvalue weighted by molar-refractivity contribution is 6.33. The van der Waals surface area contributed by atoms with Gasteiger partial charge in [0, 0.05) is 35.1 Å². The molecule has 0 unspecified atom stereocenters. The fraction of sp³-hybridized carbons (Fsp3) is 0.214. The molecule has 8 rings (SSSR count). The van der Waals surface area contributed by atoms with Crippen LogP contribution in [0.15, 0.2) is 152 Å².